The van der Waals surface area contributed by atoms with Gasteiger partial charge in [0.2, 0.25) is 0 Å². The van der Waals surface area contributed by atoms with E-state index in [0.717, 1.165) is 103 Å². The van der Waals surface area contributed by atoms with Gasteiger partial charge in [-0.2, -0.15) is 0 Å². The van der Waals surface area contributed by atoms with E-state index in [1.807, 2.05) is 6.08 Å². The quantitative estimate of drug-likeness (QED) is 0.0262. The summed E-state index contributed by atoms with van der Waals surface area (Å²) in [6, 6.07) is 0. The number of ether oxygens (including phenoxy) is 3. The van der Waals surface area contributed by atoms with Crippen molar-refractivity contribution >= 4 is 17.9 Å². The van der Waals surface area contributed by atoms with Gasteiger partial charge in [0.15, 0.2) is 6.10 Å². The molecule has 0 aromatic carbocycles. The van der Waals surface area contributed by atoms with E-state index in [1.54, 1.807) is 0 Å². The Morgan fingerprint density at radius 3 is 1.10 bits per heavy atom. The molecule has 0 bridgehead atoms. The zero-order chi connectivity index (χ0) is 45.8. The van der Waals surface area contributed by atoms with Crippen LogP contribution in [0.5, 0.6) is 0 Å². The molecule has 1 atom stereocenters. The summed E-state index contributed by atoms with van der Waals surface area (Å²) >= 11 is 0. The molecule has 0 saturated carbocycles. The van der Waals surface area contributed by atoms with Crippen molar-refractivity contribution in [3.63, 3.8) is 0 Å². The number of carbonyl (C=O) groups excluding carboxylic acids is 3. The first kappa shape index (κ1) is 59.3. The summed E-state index contributed by atoms with van der Waals surface area (Å²) in [4.78, 5) is 37.9. The van der Waals surface area contributed by atoms with Crippen LogP contribution in [0, 0.1) is 0 Å². The fraction of sp³-hybridized carbons (Fsp3) is 0.667. The van der Waals surface area contributed by atoms with E-state index in [-0.39, 0.29) is 37.5 Å². The molecule has 0 spiro atoms. The lowest BCUT2D eigenvalue weighted by molar-refractivity contribution is -0.166. The van der Waals surface area contributed by atoms with Gasteiger partial charge in [-0.05, 0) is 89.9 Å². The Morgan fingerprint density at radius 1 is 0.333 bits per heavy atom. The fourth-order valence-corrected chi connectivity index (χ4v) is 6.73. The average molecular weight is 875 g/mol. The van der Waals surface area contributed by atoms with E-state index in [1.165, 1.54) is 77.0 Å². The summed E-state index contributed by atoms with van der Waals surface area (Å²) in [5.41, 5.74) is 0. The summed E-state index contributed by atoms with van der Waals surface area (Å²) in [7, 11) is 0. The van der Waals surface area contributed by atoms with Crippen LogP contribution < -0.4 is 0 Å². The van der Waals surface area contributed by atoms with Crippen molar-refractivity contribution in [3.8, 4) is 0 Å². The highest BCUT2D eigenvalue weighted by Gasteiger charge is 2.19. The van der Waals surface area contributed by atoms with E-state index < -0.39 is 6.10 Å². The minimum atomic E-state index is -0.815. The van der Waals surface area contributed by atoms with Gasteiger partial charge in [0.1, 0.15) is 13.2 Å². The highest BCUT2D eigenvalue weighted by molar-refractivity contribution is 5.71. The first-order valence-electron chi connectivity index (χ1n) is 25.7. The molecular formula is C57H94O6. The number of esters is 3. The molecule has 0 heterocycles. The smallest absolute Gasteiger partial charge is 0.306 e. The normalized spacial score (nSPS) is 12.9. The highest BCUT2D eigenvalue weighted by Crippen LogP contribution is 2.14. The summed E-state index contributed by atoms with van der Waals surface area (Å²) in [6.45, 7) is 6.40. The van der Waals surface area contributed by atoms with Crippen LogP contribution in [0.1, 0.15) is 226 Å². The lowest BCUT2D eigenvalue weighted by atomic mass is 10.1. The third-order valence-corrected chi connectivity index (χ3v) is 10.6. The van der Waals surface area contributed by atoms with Crippen LogP contribution in [-0.4, -0.2) is 37.2 Å². The topological polar surface area (TPSA) is 78.9 Å². The zero-order valence-corrected chi connectivity index (χ0v) is 40.8. The Morgan fingerprint density at radius 2 is 0.651 bits per heavy atom. The number of rotatable bonds is 45. The fourth-order valence-electron chi connectivity index (χ4n) is 6.73. The maximum Gasteiger partial charge on any atom is 0.306 e. The second-order valence-corrected chi connectivity index (χ2v) is 16.7. The second kappa shape index (κ2) is 51.0. The molecule has 0 aliphatic rings. The SMILES string of the molecule is CC/C=C\C/C=C\C/C=C\CCCCCCCC(=O)O[C@H](COC(=O)CC/C=C\C/C=C\C/C=C\C/C=C\C/C=C\CCCCC)COC(=O)CCCCCCCCCCCCC. The van der Waals surface area contributed by atoms with E-state index in [9.17, 15) is 14.4 Å². The molecule has 0 unspecified atom stereocenters. The molecule has 358 valence electrons. The van der Waals surface area contributed by atoms with Crippen molar-refractivity contribution in [2.75, 3.05) is 13.2 Å². The summed E-state index contributed by atoms with van der Waals surface area (Å²) in [6.07, 6.45) is 66.8. The van der Waals surface area contributed by atoms with Crippen LogP contribution >= 0.6 is 0 Å². The van der Waals surface area contributed by atoms with Gasteiger partial charge in [-0.15, -0.1) is 0 Å². The lowest BCUT2D eigenvalue weighted by Crippen LogP contribution is -2.30. The Balaban J connectivity index is 4.51. The molecule has 0 amide bonds. The molecule has 63 heavy (non-hydrogen) atoms. The van der Waals surface area contributed by atoms with Gasteiger partial charge in [-0.1, -0.05) is 214 Å². The van der Waals surface area contributed by atoms with Crippen molar-refractivity contribution in [2.24, 2.45) is 0 Å². The molecule has 0 fully saturated rings. The van der Waals surface area contributed by atoms with E-state index in [4.69, 9.17) is 14.2 Å². The summed E-state index contributed by atoms with van der Waals surface area (Å²) < 4.78 is 16.7. The van der Waals surface area contributed by atoms with Gasteiger partial charge in [-0.25, -0.2) is 0 Å². The number of hydrogen-bond acceptors (Lipinski definition) is 6. The predicted octanol–water partition coefficient (Wildman–Crippen LogP) is 17.0. The Labute approximate surface area is 387 Å². The Bertz CT molecular complexity index is 1280. The molecule has 0 rings (SSSR count). The van der Waals surface area contributed by atoms with Crippen LogP contribution in [0.2, 0.25) is 0 Å². The standard InChI is InChI=1S/C57H94O6/c1-4-7-10-13-16-19-22-24-26-27-28-29-31-32-35-38-41-44-47-50-56(59)62-53-54(52-61-55(58)49-46-43-40-37-34-21-18-15-12-9-6-3)63-57(60)51-48-45-42-39-36-33-30-25-23-20-17-14-11-8-5-2/h8,11,16-17,19-20,24-26,28-30,32,35,41,44,54H,4-7,9-10,12-15,18,21-23,27,31,33-34,36-40,42-43,45-53H2,1-3H3/b11-8-,19-16-,20-17-,26-24-,29-28-,30-25-,35-32-,44-41-/t54-/m0/s1. The predicted molar refractivity (Wildman–Crippen MR) is 270 cm³/mol. The first-order chi connectivity index (χ1) is 31.0. The molecule has 6 nitrogen and oxygen atoms in total. The van der Waals surface area contributed by atoms with Gasteiger partial charge < -0.3 is 14.2 Å². The van der Waals surface area contributed by atoms with Crippen molar-refractivity contribution < 1.29 is 28.6 Å². The molecular weight excluding hydrogens is 781 g/mol. The van der Waals surface area contributed by atoms with E-state index in [2.05, 4.69) is 112 Å². The zero-order valence-electron chi connectivity index (χ0n) is 40.8. The van der Waals surface area contributed by atoms with Crippen LogP contribution in [0.15, 0.2) is 97.2 Å². The minimum absolute atomic E-state index is 0.107. The van der Waals surface area contributed by atoms with Crippen LogP contribution in [0.3, 0.4) is 0 Å². The van der Waals surface area contributed by atoms with Crippen LogP contribution in [0.25, 0.3) is 0 Å². The third-order valence-electron chi connectivity index (χ3n) is 10.6. The maximum atomic E-state index is 12.8. The number of hydrogen-bond donors (Lipinski definition) is 0. The molecule has 0 aliphatic heterocycles. The van der Waals surface area contributed by atoms with Crippen LogP contribution in [-0.2, 0) is 28.6 Å². The molecule has 0 radical (unpaired) electrons. The molecule has 0 aliphatic carbocycles. The minimum Gasteiger partial charge on any atom is -0.462 e. The highest BCUT2D eigenvalue weighted by atomic mass is 16.6. The number of unbranched alkanes of at least 4 members (excludes halogenated alkanes) is 18. The largest absolute Gasteiger partial charge is 0.462 e. The number of allylic oxidation sites excluding steroid dienone is 16. The first-order valence-corrected chi connectivity index (χ1v) is 25.7. The lowest BCUT2D eigenvalue weighted by Gasteiger charge is -2.18. The van der Waals surface area contributed by atoms with Gasteiger partial charge in [0.25, 0.3) is 0 Å². The van der Waals surface area contributed by atoms with Crippen LogP contribution in [0.4, 0.5) is 0 Å². The molecule has 0 saturated heterocycles. The van der Waals surface area contributed by atoms with Crippen molar-refractivity contribution in [2.45, 2.75) is 232 Å². The van der Waals surface area contributed by atoms with Gasteiger partial charge >= 0.3 is 17.9 Å². The molecule has 0 aromatic heterocycles. The maximum absolute atomic E-state index is 12.8. The van der Waals surface area contributed by atoms with E-state index >= 15 is 0 Å². The van der Waals surface area contributed by atoms with Gasteiger partial charge in [-0.3, -0.25) is 14.4 Å². The van der Waals surface area contributed by atoms with Crippen molar-refractivity contribution in [3.05, 3.63) is 97.2 Å². The van der Waals surface area contributed by atoms with Crippen molar-refractivity contribution in [1.82, 2.24) is 0 Å². The summed E-state index contributed by atoms with van der Waals surface area (Å²) in [5.74, 6) is -1.01. The van der Waals surface area contributed by atoms with E-state index in [0.29, 0.717) is 19.3 Å². The summed E-state index contributed by atoms with van der Waals surface area (Å²) in [5, 5.41) is 0. The molecule has 6 heteroatoms. The Hall–Kier alpha value is -3.67. The van der Waals surface area contributed by atoms with Gasteiger partial charge in [0.05, 0.1) is 0 Å². The second-order valence-electron chi connectivity index (χ2n) is 16.7. The third kappa shape index (κ3) is 49.2. The average Bonchev–Trinajstić information content (AvgIpc) is 3.28. The molecule has 0 N–H and O–H groups in total. The van der Waals surface area contributed by atoms with Crippen molar-refractivity contribution in [1.29, 1.82) is 0 Å². The number of carbonyl (C=O) groups is 3. The Kier molecular flexibility index (Phi) is 48.0. The van der Waals surface area contributed by atoms with Gasteiger partial charge in [0, 0.05) is 19.3 Å². The monoisotopic (exact) mass is 875 g/mol. The molecule has 0 aromatic rings.